The zero-order chi connectivity index (χ0) is 14.4. The van der Waals surface area contributed by atoms with Gasteiger partial charge in [-0.25, -0.2) is 4.79 Å². The highest BCUT2D eigenvalue weighted by Crippen LogP contribution is 2.08. The van der Waals surface area contributed by atoms with Crippen molar-refractivity contribution < 1.29 is 9.59 Å². The molecule has 1 aromatic carbocycles. The number of benzene rings is 1. The lowest BCUT2D eigenvalue weighted by Crippen LogP contribution is -2.52. The monoisotopic (exact) mass is 295 g/mol. The minimum atomic E-state index is -0.455. The summed E-state index contributed by atoms with van der Waals surface area (Å²) in [4.78, 5) is 26.8. The van der Waals surface area contributed by atoms with Gasteiger partial charge in [-0.2, -0.15) is 0 Å². The Balaban J connectivity index is 1.77. The van der Waals surface area contributed by atoms with Gasteiger partial charge in [-0.3, -0.25) is 15.0 Å². The minimum absolute atomic E-state index is 0.195. The quantitative estimate of drug-likeness (QED) is 0.855. The maximum absolute atomic E-state index is 11.7. The molecule has 3 amide bonds. The van der Waals surface area contributed by atoms with Gasteiger partial charge in [-0.1, -0.05) is 30.3 Å². The van der Waals surface area contributed by atoms with Crippen molar-refractivity contribution in [1.82, 2.24) is 15.1 Å². The van der Waals surface area contributed by atoms with Crippen molar-refractivity contribution >= 4 is 23.5 Å². The molecule has 0 spiro atoms. The Bertz CT molecular complexity index is 459. The first kappa shape index (κ1) is 14.8. The number of piperazine rings is 1. The number of halogens is 1. The predicted octanol–water partition coefficient (Wildman–Crippen LogP) is 1.28. The number of nitrogens with zero attached hydrogens (tertiary/aromatic N) is 2. The van der Waals surface area contributed by atoms with Gasteiger partial charge in [0.05, 0.1) is 0 Å². The molecule has 0 saturated carbocycles. The molecule has 1 aliphatic rings. The lowest BCUT2D eigenvalue weighted by Gasteiger charge is -2.34. The minimum Gasteiger partial charge on any atom is -0.322 e. The second kappa shape index (κ2) is 7.26. The largest absolute Gasteiger partial charge is 0.324 e. The molecule has 6 heteroatoms. The fraction of sp³-hybridized carbons (Fsp3) is 0.429. The van der Waals surface area contributed by atoms with Gasteiger partial charge < -0.3 is 4.90 Å². The molecule has 1 fully saturated rings. The van der Waals surface area contributed by atoms with Crippen LogP contribution in [0.2, 0.25) is 0 Å². The maximum Gasteiger partial charge on any atom is 0.324 e. The fourth-order valence-electron chi connectivity index (χ4n) is 2.18. The van der Waals surface area contributed by atoms with Crippen molar-refractivity contribution in [2.24, 2.45) is 0 Å². The molecule has 1 heterocycles. The van der Waals surface area contributed by atoms with Crippen LogP contribution in [0.3, 0.4) is 0 Å². The van der Waals surface area contributed by atoms with Crippen molar-refractivity contribution in [3.63, 3.8) is 0 Å². The molecular weight excluding hydrogens is 278 g/mol. The highest BCUT2D eigenvalue weighted by Gasteiger charge is 2.21. The molecule has 1 aliphatic heterocycles. The SMILES string of the molecule is O=C(CCl)NC(=O)N1CCN(Cc2ccccc2)CC1. The van der Waals surface area contributed by atoms with Crippen LogP contribution < -0.4 is 5.32 Å². The number of nitrogens with one attached hydrogen (secondary N) is 1. The first-order valence-corrected chi connectivity index (χ1v) is 7.13. The lowest BCUT2D eigenvalue weighted by molar-refractivity contribution is -0.117. The van der Waals surface area contributed by atoms with Crippen molar-refractivity contribution in [2.75, 3.05) is 32.1 Å². The van der Waals surface area contributed by atoms with E-state index in [1.54, 1.807) is 4.90 Å². The summed E-state index contributed by atoms with van der Waals surface area (Å²) >= 11 is 5.36. The molecule has 1 aromatic rings. The Hall–Kier alpha value is -1.59. The van der Waals surface area contributed by atoms with Crippen molar-refractivity contribution in [1.29, 1.82) is 0 Å². The number of hydrogen-bond donors (Lipinski definition) is 1. The van der Waals surface area contributed by atoms with Crippen LogP contribution in [-0.4, -0.2) is 53.8 Å². The van der Waals surface area contributed by atoms with E-state index < -0.39 is 5.91 Å². The molecule has 2 rings (SSSR count). The highest BCUT2D eigenvalue weighted by atomic mass is 35.5. The standard InChI is InChI=1S/C14H18ClN3O2/c15-10-13(19)16-14(20)18-8-6-17(7-9-18)11-12-4-2-1-3-5-12/h1-5H,6-11H2,(H,16,19,20). The molecule has 0 bridgehead atoms. The smallest absolute Gasteiger partial charge is 0.322 e. The van der Waals surface area contributed by atoms with Crippen LogP contribution in [0.5, 0.6) is 0 Å². The second-order valence-electron chi connectivity index (χ2n) is 4.74. The van der Waals surface area contributed by atoms with E-state index in [0.717, 1.165) is 19.6 Å². The van der Waals surface area contributed by atoms with E-state index in [0.29, 0.717) is 13.1 Å². The summed E-state index contributed by atoms with van der Waals surface area (Å²) in [5.41, 5.74) is 1.27. The van der Waals surface area contributed by atoms with Crippen molar-refractivity contribution in [2.45, 2.75) is 6.54 Å². The third-order valence-electron chi connectivity index (χ3n) is 3.28. The topological polar surface area (TPSA) is 52.7 Å². The van der Waals surface area contributed by atoms with Gasteiger partial charge in [0.25, 0.3) is 0 Å². The van der Waals surface area contributed by atoms with Crippen LogP contribution >= 0.6 is 11.6 Å². The summed E-state index contributed by atoms with van der Waals surface area (Å²) in [6, 6.07) is 9.89. The number of rotatable bonds is 3. The number of carbonyl (C=O) groups is 2. The first-order chi connectivity index (χ1) is 9.69. The van der Waals surface area contributed by atoms with Gasteiger partial charge in [0.1, 0.15) is 5.88 Å². The van der Waals surface area contributed by atoms with Crippen LogP contribution in [0, 0.1) is 0 Å². The van der Waals surface area contributed by atoms with Gasteiger partial charge in [0, 0.05) is 32.7 Å². The maximum atomic E-state index is 11.7. The third kappa shape index (κ3) is 4.21. The van der Waals surface area contributed by atoms with E-state index in [4.69, 9.17) is 11.6 Å². The van der Waals surface area contributed by atoms with E-state index in [1.807, 2.05) is 18.2 Å². The van der Waals surface area contributed by atoms with Crippen LogP contribution in [0.25, 0.3) is 0 Å². The lowest BCUT2D eigenvalue weighted by atomic mass is 10.2. The van der Waals surface area contributed by atoms with Gasteiger partial charge in [-0.15, -0.1) is 11.6 Å². The second-order valence-corrected chi connectivity index (χ2v) is 5.00. The Kier molecular flexibility index (Phi) is 5.38. The molecule has 1 saturated heterocycles. The molecule has 20 heavy (non-hydrogen) atoms. The molecule has 0 radical (unpaired) electrons. The molecule has 0 unspecified atom stereocenters. The number of urea groups is 1. The van der Waals surface area contributed by atoms with Crippen LogP contribution in [-0.2, 0) is 11.3 Å². The first-order valence-electron chi connectivity index (χ1n) is 6.60. The van der Waals surface area contributed by atoms with Crippen LogP contribution in [0.4, 0.5) is 4.79 Å². The van der Waals surface area contributed by atoms with Crippen molar-refractivity contribution in [3.8, 4) is 0 Å². The van der Waals surface area contributed by atoms with E-state index in [-0.39, 0.29) is 11.9 Å². The van der Waals surface area contributed by atoms with E-state index in [2.05, 4.69) is 22.3 Å². The molecule has 108 valence electrons. The Morgan fingerprint density at radius 2 is 1.75 bits per heavy atom. The molecule has 0 aromatic heterocycles. The van der Waals surface area contributed by atoms with Crippen LogP contribution in [0.15, 0.2) is 30.3 Å². The Labute approximate surface area is 123 Å². The molecule has 1 N–H and O–H groups in total. The number of hydrogen-bond acceptors (Lipinski definition) is 3. The zero-order valence-corrected chi connectivity index (χ0v) is 12.0. The summed E-state index contributed by atoms with van der Waals surface area (Å²) in [6.45, 7) is 3.73. The summed E-state index contributed by atoms with van der Waals surface area (Å²) in [5.74, 6) is -0.650. The summed E-state index contributed by atoms with van der Waals surface area (Å²) in [7, 11) is 0. The van der Waals surface area contributed by atoms with Crippen molar-refractivity contribution in [3.05, 3.63) is 35.9 Å². The predicted molar refractivity (Wildman–Crippen MR) is 77.6 cm³/mol. The summed E-state index contributed by atoms with van der Waals surface area (Å²) in [5, 5.41) is 2.26. The van der Waals surface area contributed by atoms with Gasteiger partial charge >= 0.3 is 6.03 Å². The highest BCUT2D eigenvalue weighted by molar-refractivity contribution is 6.28. The average Bonchev–Trinajstić information content (AvgIpc) is 2.49. The van der Waals surface area contributed by atoms with Crippen LogP contribution in [0.1, 0.15) is 5.56 Å². The number of carbonyl (C=O) groups excluding carboxylic acids is 2. The number of imide groups is 1. The molecule has 0 atom stereocenters. The van der Waals surface area contributed by atoms with E-state index in [1.165, 1.54) is 5.56 Å². The van der Waals surface area contributed by atoms with E-state index >= 15 is 0 Å². The summed E-state index contributed by atoms with van der Waals surface area (Å²) in [6.07, 6.45) is 0. The molecule has 5 nitrogen and oxygen atoms in total. The number of amides is 3. The van der Waals surface area contributed by atoms with E-state index in [9.17, 15) is 9.59 Å². The molecule has 0 aliphatic carbocycles. The fourth-order valence-corrected chi connectivity index (χ4v) is 2.25. The number of alkyl halides is 1. The third-order valence-corrected chi connectivity index (χ3v) is 3.52. The van der Waals surface area contributed by atoms with Gasteiger partial charge in [0.2, 0.25) is 5.91 Å². The molecular formula is C14H18ClN3O2. The average molecular weight is 296 g/mol. The van der Waals surface area contributed by atoms with Gasteiger partial charge in [0.15, 0.2) is 0 Å². The Morgan fingerprint density at radius 1 is 1.10 bits per heavy atom. The summed E-state index contributed by atoms with van der Waals surface area (Å²) < 4.78 is 0. The van der Waals surface area contributed by atoms with Gasteiger partial charge in [-0.05, 0) is 5.56 Å². The zero-order valence-electron chi connectivity index (χ0n) is 11.2. The Morgan fingerprint density at radius 3 is 2.35 bits per heavy atom. The normalized spacial score (nSPS) is 15.9.